The predicted molar refractivity (Wildman–Crippen MR) is 142 cm³/mol. The fourth-order valence-corrected chi connectivity index (χ4v) is 4.91. The summed E-state index contributed by atoms with van der Waals surface area (Å²) in [6, 6.07) is 6.29. The van der Waals surface area contributed by atoms with E-state index in [0.29, 0.717) is 0 Å². The summed E-state index contributed by atoms with van der Waals surface area (Å²) in [5.74, 6) is 0.915. The third-order valence-electron chi connectivity index (χ3n) is 6.80. The fourth-order valence-electron chi connectivity index (χ4n) is 4.91. The second-order valence-electron chi connectivity index (χ2n) is 9.32. The molecule has 3 rings (SSSR count). The third kappa shape index (κ3) is 8.14. The molecule has 0 saturated heterocycles. The van der Waals surface area contributed by atoms with E-state index in [1.807, 2.05) is 6.07 Å². The molecule has 0 bridgehead atoms. The van der Waals surface area contributed by atoms with Crippen LogP contribution in [0.15, 0.2) is 18.2 Å². The first-order chi connectivity index (χ1) is 15.3. The van der Waals surface area contributed by atoms with E-state index in [4.69, 9.17) is 9.72 Å². The minimum Gasteiger partial charge on any atom is -0.497 e. The molecule has 32 heavy (non-hydrogen) atoms. The van der Waals surface area contributed by atoms with Gasteiger partial charge in [0.1, 0.15) is 5.75 Å². The van der Waals surface area contributed by atoms with Gasteiger partial charge in [0.25, 0.3) is 0 Å². The van der Waals surface area contributed by atoms with Crippen LogP contribution in [0.1, 0.15) is 108 Å². The summed E-state index contributed by atoms with van der Waals surface area (Å²) in [6.07, 6.45) is 21.5. The molecule has 0 saturated carbocycles. The SMILES string of the molecule is CCCCCCCCCCCCCCNc1c2c(nc3ccc(OC)cc13)CCCC2.Cl. The summed E-state index contributed by atoms with van der Waals surface area (Å²) in [6.45, 7) is 3.35. The number of rotatable bonds is 15. The Morgan fingerprint density at radius 1 is 0.844 bits per heavy atom. The van der Waals surface area contributed by atoms with Crippen molar-refractivity contribution in [1.82, 2.24) is 4.98 Å². The highest BCUT2D eigenvalue weighted by Crippen LogP contribution is 2.35. The molecule has 0 aliphatic heterocycles. The van der Waals surface area contributed by atoms with Crippen LogP contribution in [-0.4, -0.2) is 18.6 Å². The third-order valence-corrected chi connectivity index (χ3v) is 6.80. The number of hydrogen-bond donors (Lipinski definition) is 1. The van der Waals surface area contributed by atoms with Crippen molar-refractivity contribution >= 4 is 29.0 Å². The molecule has 4 heteroatoms. The number of fused-ring (bicyclic) bond motifs is 2. The van der Waals surface area contributed by atoms with E-state index in [-0.39, 0.29) is 12.4 Å². The van der Waals surface area contributed by atoms with Gasteiger partial charge in [0.2, 0.25) is 0 Å². The van der Waals surface area contributed by atoms with E-state index in [0.717, 1.165) is 30.7 Å². The summed E-state index contributed by atoms with van der Waals surface area (Å²) in [7, 11) is 1.74. The monoisotopic (exact) mass is 460 g/mol. The Labute approximate surface area is 202 Å². The van der Waals surface area contributed by atoms with Crippen molar-refractivity contribution in [3.63, 3.8) is 0 Å². The maximum atomic E-state index is 5.49. The van der Waals surface area contributed by atoms with Crippen LogP contribution in [0.3, 0.4) is 0 Å². The van der Waals surface area contributed by atoms with Crippen LogP contribution in [0.25, 0.3) is 10.9 Å². The quantitative estimate of drug-likeness (QED) is 0.270. The molecule has 0 unspecified atom stereocenters. The lowest BCUT2D eigenvalue weighted by Gasteiger charge is -2.22. The average Bonchev–Trinajstić information content (AvgIpc) is 2.81. The summed E-state index contributed by atoms with van der Waals surface area (Å²) < 4.78 is 5.49. The number of unbranched alkanes of at least 4 members (excludes halogenated alkanes) is 11. The molecule has 3 nitrogen and oxygen atoms in total. The molecule has 1 heterocycles. The number of pyridine rings is 1. The van der Waals surface area contributed by atoms with E-state index in [1.165, 1.54) is 112 Å². The largest absolute Gasteiger partial charge is 0.497 e. The summed E-state index contributed by atoms with van der Waals surface area (Å²) in [4.78, 5) is 4.97. The van der Waals surface area contributed by atoms with Crippen LogP contribution < -0.4 is 10.1 Å². The predicted octanol–water partition coefficient (Wildman–Crippen LogP) is 8.66. The van der Waals surface area contributed by atoms with E-state index in [2.05, 4.69) is 24.4 Å². The Balaban J connectivity index is 0.00000363. The van der Waals surface area contributed by atoms with Gasteiger partial charge in [-0.25, -0.2) is 0 Å². The number of nitrogens with zero attached hydrogens (tertiary/aromatic N) is 1. The second kappa shape index (κ2) is 15.4. The number of benzene rings is 1. The first-order valence-electron chi connectivity index (χ1n) is 13.1. The van der Waals surface area contributed by atoms with E-state index in [9.17, 15) is 0 Å². The van der Waals surface area contributed by atoms with Gasteiger partial charge >= 0.3 is 0 Å². The van der Waals surface area contributed by atoms with Gasteiger partial charge in [-0.1, -0.05) is 77.6 Å². The van der Waals surface area contributed by atoms with Crippen LogP contribution in [0.5, 0.6) is 5.75 Å². The number of anilines is 1. The van der Waals surface area contributed by atoms with Crippen LogP contribution >= 0.6 is 12.4 Å². The molecular weight excluding hydrogens is 416 g/mol. The molecular formula is C28H45ClN2O. The molecule has 1 aromatic heterocycles. The smallest absolute Gasteiger partial charge is 0.119 e. The van der Waals surface area contributed by atoms with Crippen molar-refractivity contribution < 1.29 is 4.74 Å². The van der Waals surface area contributed by atoms with E-state index in [1.54, 1.807) is 7.11 Å². The number of aryl methyl sites for hydroxylation is 1. The first kappa shape index (κ1) is 26.8. The average molecular weight is 461 g/mol. The van der Waals surface area contributed by atoms with Gasteiger partial charge in [-0.05, 0) is 55.9 Å². The lowest BCUT2D eigenvalue weighted by atomic mass is 9.92. The topological polar surface area (TPSA) is 34.2 Å². The number of methoxy groups -OCH3 is 1. The second-order valence-corrected chi connectivity index (χ2v) is 9.32. The Kier molecular flexibility index (Phi) is 12.9. The zero-order valence-corrected chi connectivity index (χ0v) is 21.3. The van der Waals surface area contributed by atoms with Crippen molar-refractivity contribution in [2.75, 3.05) is 19.0 Å². The zero-order chi connectivity index (χ0) is 21.7. The molecule has 0 fully saturated rings. The van der Waals surface area contributed by atoms with Gasteiger partial charge in [-0.2, -0.15) is 0 Å². The van der Waals surface area contributed by atoms with Crippen LogP contribution in [0.4, 0.5) is 5.69 Å². The number of nitrogens with one attached hydrogen (secondary N) is 1. The molecule has 1 N–H and O–H groups in total. The Morgan fingerprint density at radius 2 is 1.47 bits per heavy atom. The highest BCUT2D eigenvalue weighted by Gasteiger charge is 2.18. The van der Waals surface area contributed by atoms with Crippen molar-refractivity contribution in [2.24, 2.45) is 0 Å². The maximum Gasteiger partial charge on any atom is 0.119 e. The minimum absolute atomic E-state index is 0. The number of ether oxygens (including phenoxy) is 1. The molecule has 2 aromatic rings. The molecule has 0 amide bonds. The van der Waals surface area contributed by atoms with Gasteiger partial charge in [-0.15, -0.1) is 12.4 Å². The van der Waals surface area contributed by atoms with Gasteiger partial charge in [-0.3, -0.25) is 4.98 Å². The highest BCUT2D eigenvalue weighted by molar-refractivity contribution is 5.94. The van der Waals surface area contributed by atoms with Crippen LogP contribution in [0.2, 0.25) is 0 Å². The van der Waals surface area contributed by atoms with Gasteiger partial charge in [0, 0.05) is 23.3 Å². The van der Waals surface area contributed by atoms with Crippen molar-refractivity contribution in [3.05, 3.63) is 29.5 Å². The molecule has 1 aliphatic rings. The number of aromatic nitrogens is 1. The number of hydrogen-bond acceptors (Lipinski definition) is 3. The Bertz CT molecular complexity index is 793. The molecule has 0 atom stereocenters. The molecule has 1 aliphatic carbocycles. The summed E-state index contributed by atoms with van der Waals surface area (Å²) in [5.41, 5.74) is 5.17. The van der Waals surface area contributed by atoms with Crippen molar-refractivity contribution in [2.45, 2.75) is 110 Å². The molecule has 0 spiro atoms. The van der Waals surface area contributed by atoms with E-state index >= 15 is 0 Å². The van der Waals surface area contributed by atoms with Crippen LogP contribution in [0, 0.1) is 0 Å². The Morgan fingerprint density at radius 3 is 2.12 bits per heavy atom. The lowest BCUT2D eigenvalue weighted by Crippen LogP contribution is -2.12. The normalized spacial score (nSPS) is 12.9. The van der Waals surface area contributed by atoms with Gasteiger partial charge in [0.15, 0.2) is 0 Å². The lowest BCUT2D eigenvalue weighted by molar-refractivity contribution is 0.415. The number of halogens is 1. The molecule has 0 radical (unpaired) electrons. The van der Waals surface area contributed by atoms with E-state index < -0.39 is 0 Å². The molecule has 1 aromatic carbocycles. The zero-order valence-electron chi connectivity index (χ0n) is 20.5. The molecule has 180 valence electrons. The minimum atomic E-state index is 0. The van der Waals surface area contributed by atoms with Crippen molar-refractivity contribution in [1.29, 1.82) is 0 Å². The van der Waals surface area contributed by atoms with Gasteiger partial charge < -0.3 is 10.1 Å². The van der Waals surface area contributed by atoms with Gasteiger partial charge in [0.05, 0.1) is 12.6 Å². The van der Waals surface area contributed by atoms with Crippen molar-refractivity contribution in [3.8, 4) is 5.75 Å². The summed E-state index contributed by atoms with van der Waals surface area (Å²) >= 11 is 0. The maximum absolute atomic E-state index is 5.49. The Hall–Kier alpha value is -1.48. The fraction of sp³-hybridized carbons (Fsp3) is 0.679. The standard InChI is InChI=1S/C28H44N2O.ClH/c1-3-4-5-6-7-8-9-10-11-12-13-16-21-29-28-24-17-14-15-18-26(24)30-27-20-19-23(31-2)22-25(27)28;/h19-20,22H,3-18,21H2,1-2H3,(H,29,30);1H. The summed E-state index contributed by atoms with van der Waals surface area (Å²) in [5, 5.41) is 5.03. The van der Waals surface area contributed by atoms with Crippen LogP contribution in [-0.2, 0) is 12.8 Å². The highest BCUT2D eigenvalue weighted by atomic mass is 35.5. The first-order valence-corrected chi connectivity index (χ1v) is 13.1.